The average Bonchev–Trinajstić information content (AvgIpc) is 3.09. The Morgan fingerprint density at radius 1 is 1.62 bits per heavy atom. The van der Waals surface area contributed by atoms with Crippen LogP contribution in [0.1, 0.15) is 24.8 Å². The fourth-order valence-electron chi connectivity index (χ4n) is 1.80. The quantitative estimate of drug-likeness (QED) is 0.819. The lowest BCUT2D eigenvalue weighted by Gasteiger charge is -2.15. The standard InChI is InChI=1S/C12H13N3O/c13-6-3-11(16)15-9-12(4-5-12)10-2-1-7-14-8-10/h1-2,7-8H,3-5,9H2,(H,15,16). The molecular formula is C12H13N3O. The highest BCUT2D eigenvalue weighted by Crippen LogP contribution is 2.47. The van der Waals surface area contributed by atoms with Gasteiger partial charge in [0, 0.05) is 24.4 Å². The van der Waals surface area contributed by atoms with Crippen LogP contribution in [0, 0.1) is 11.3 Å². The summed E-state index contributed by atoms with van der Waals surface area (Å²) in [6.07, 6.45) is 5.68. The number of amides is 1. The zero-order chi connectivity index (χ0) is 11.4. The normalized spacial score (nSPS) is 16.2. The summed E-state index contributed by atoms with van der Waals surface area (Å²) in [6.45, 7) is 0.610. The lowest BCUT2D eigenvalue weighted by molar-refractivity contribution is -0.120. The van der Waals surface area contributed by atoms with Crippen LogP contribution in [0.3, 0.4) is 0 Å². The van der Waals surface area contributed by atoms with Gasteiger partial charge < -0.3 is 5.32 Å². The third-order valence-corrected chi connectivity index (χ3v) is 2.99. The summed E-state index contributed by atoms with van der Waals surface area (Å²) < 4.78 is 0. The summed E-state index contributed by atoms with van der Waals surface area (Å²) in [5, 5.41) is 11.2. The van der Waals surface area contributed by atoms with E-state index in [1.807, 2.05) is 24.4 Å². The number of carbonyl (C=O) groups excluding carboxylic acids is 1. The van der Waals surface area contributed by atoms with Crippen molar-refractivity contribution in [3.63, 3.8) is 0 Å². The molecule has 4 nitrogen and oxygen atoms in total. The molecule has 1 aromatic rings. The molecule has 0 spiro atoms. The van der Waals surface area contributed by atoms with Crippen LogP contribution in [0.4, 0.5) is 0 Å². The molecule has 82 valence electrons. The minimum absolute atomic E-state index is 0.0663. The maximum Gasteiger partial charge on any atom is 0.234 e. The average molecular weight is 215 g/mol. The van der Waals surface area contributed by atoms with Crippen LogP contribution in [0.25, 0.3) is 0 Å². The third-order valence-electron chi connectivity index (χ3n) is 2.99. The van der Waals surface area contributed by atoms with Crippen molar-refractivity contribution in [2.75, 3.05) is 6.54 Å². The summed E-state index contributed by atoms with van der Waals surface area (Å²) in [6, 6.07) is 5.79. The first-order valence-corrected chi connectivity index (χ1v) is 5.31. The zero-order valence-electron chi connectivity index (χ0n) is 8.94. The van der Waals surface area contributed by atoms with Gasteiger partial charge in [-0.25, -0.2) is 0 Å². The number of carbonyl (C=O) groups is 1. The molecule has 1 aromatic heterocycles. The Labute approximate surface area is 94.3 Å². The lowest BCUT2D eigenvalue weighted by Crippen LogP contribution is -2.31. The van der Waals surface area contributed by atoms with Crippen molar-refractivity contribution in [1.82, 2.24) is 10.3 Å². The van der Waals surface area contributed by atoms with Gasteiger partial charge in [-0.2, -0.15) is 5.26 Å². The SMILES string of the molecule is N#CCC(=O)NCC1(c2cccnc2)CC1. The number of nitriles is 1. The van der Waals surface area contributed by atoms with Crippen LogP contribution in [-0.4, -0.2) is 17.4 Å². The maximum atomic E-state index is 11.2. The molecule has 16 heavy (non-hydrogen) atoms. The largest absolute Gasteiger partial charge is 0.354 e. The smallest absolute Gasteiger partial charge is 0.234 e. The monoisotopic (exact) mass is 215 g/mol. The number of hydrogen-bond acceptors (Lipinski definition) is 3. The van der Waals surface area contributed by atoms with E-state index in [1.165, 1.54) is 5.56 Å². The molecule has 0 radical (unpaired) electrons. The molecular weight excluding hydrogens is 202 g/mol. The number of nitrogens with zero attached hydrogens (tertiary/aromatic N) is 2. The zero-order valence-corrected chi connectivity index (χ0v) is 8.94. The molecule has 4 heteroatoms. The number of pyridine rings is 1. The van der Waals surface area contributed by atoms with Crippen molar-refractivity contribution in [3.05, 3.63) is 30.1 Å². The van der Waals surface area contributed by atoms with Gasteiger partial charge in [0.2, 0.25) is 5.91 Å². The van der Waals surface area contributed by atoms with Crippen molar-refractivity contribution >= 4 is 5.91 Å². The van der Waals surface area contributed by atoms with E-state index in [4.69, 9.17) is 5.26 Å². The number of nitrogens with one attached hydrogen (secondary N) is 1. The molecule has 2 rings (SSSR count). The second-order valence-corrected chi connectivity index (χ2v) is 4.13. The number of hydrogen-bond donors (Lipinski definition) is 1. The lowest BCUT2D eigenvalue weighted by atomic mass is 9.98. The topological polar surface area (TPSA) is 65.8 Å². The van der Waals surface area contributed by atoms with Gasteiger partial charge >= 0.3 is 0 Å². The van der Waals surface area contributed by atoms with Gasteiger partial charge in [-0.3, -0.25) is 9.78 Å². The summed E-state index contributed by atoms with van der Waals surface area (Å²) in [5.41, 5.74) is 1.24. The Hall–Kier alpha value is -1.89. The molecule has 1 N–H and O–H groups in total. The van der Waals surface area contributed by atoms with Gasteiger partial charge in [-0.15, -0.1) is 0 Å². The minimum atomic E-state index is -0.197. The number of aromatic nitrogens is 1. The van der Waals surface area contributed by atoms with E-state index in [0.29, 0.717) is 6.54 Å². The van der Waals surface area contributed by atoms with Crippen LogP contribution < -0.4 is 5.32 Å². The summed E-state index contributed by atoms with van der Waals surface area (Å²) in [7, 11) is 0. The van der Waals surface area contributed by atoms with Crippen LogP contribution >= 0.6 is 0 Å². The molecule has 0 aliphatic heterocycles. The fraction of sp³-hybridized carbons (Fsp3) is 0.417. The van der Waals surface area contributed by atoms with E-state index < -0.39 is 0 Å². The predicted molar refractivity (Wildman–Crippen MR) is 58.4 cm³/mol. The van der Waals surface area contributed by atoms with Gasteiger partial charge in [0.1, 0.15) is 6.42 Å². The minimum Gasteiger partial charge on any atom is -0.354 e. The summed E-state index contributed by atoms with van der Waals surface area (Å²) in [5.74, 6) is -0.197. The second kappa shape index (κ2) is 4.31. The highest BCUT2D eigenvalue weighted by atomic mass is 16.1. The molecule has 0 unspecified atom stereocenters. The van der Waals surface area contributed by atoms with E-state index >= 15 is 0 Å². The van der Waals surface area contributed by atoms with Crippen molar-refractivity contribution in [2.45, 2.75) is 24.7 Å². The highest BCUT2D eigenvalue weighted by molar-refractivity contribution is 5.78. The first kappa shape index (κ1) is 10.6. The maximum absolute atomic E-state index is 11.2. The Morgan fingerprint density at radius 2 is 2.44 bits per heavy atom. The summed E-state index contributed by atoms with van der Waals surface area (Å²) in [4.78, 5) is 15.3. The molecule has 0 bridgehead atoms. The molecule has 0 atom stereocenters. The second-order valence-electron chi connectivity index (χ2n) is 4.13. The Morgan fingerprint density at radius 3 is 3.00 bits per heavy atom. The number of rotatable bonds is 4. The van der Waals surface area contributed by atoms with E-state index in [0.717, 1.165) is 12.8 Å². The fourth-order valence-corrected chi connectivity index (χ4v) is 1.80. The van der Waals surface area contributed by atoms with Crippen LogP contribution in [0.15, 0.2) is 24.5 Å². The molecule has 1 saturated carbocycles. The van der Waals surface area contributed by atoms with E-state index in [1.54, 1.807) is 6.20 Å². The van der Waals surface area contributed by atoms with Crippen molar-refractivity contribution in [3.8, 4) is 6.07 Å². The molecule has 0 aromatic carbocycles. The van der Waals surface area contributed by atoms with E-state index in [-0.39, 0.29) is 17.7 Å². The Balaban J connectivity index is 1.95. The van der Waals surface area contributed by atoms with Gasteiger partial charge in [0.05, 0.1) is 6.07 Å². The van der Waals surface area contributed by atoms with Gasteiger partial charge in [-0.05, 0) is 24.5 Å². The molecule has 1 heterocycles. The van der Waals surface area contributed by atoms with Crippen molar-refractivity contribution in [1.29, 1.82) is 5.26 Å². The molecule has 1 fully saturated rings. The summed E-state index contributed by atoms with van der Waals surface area (Å²) >= 11 is 0. The Kier molecular flexibility index (Phi) is 2.86. The van der Waals surface area contributed by atoms with E-state index in [9.17, 15) is 4.79 Å². The molecule has 1 aliphatic carbocycles. The molecule has 1 aliphatic rings. The van der Waals surface area contributed by atoms with Crippen LogP contribution in [-0.2, 0) is 10.2 Å². The van der Waals surface area contributed by atoms with Gasteiger partial charge in [-0.1, -0.05) is 6.07 Å². The van der Waals surface area contributed by atoms with Gasteiger partial charge in [0.25, 0.3) is 0 Å². The predicted octanol–water partition coefficient (Wildman–Crippen LogP) is 1.14. The van der Waals surface area contributed by atoms with Crippen LogP contribution in [0.2, 0.25) is 0 Å². The van der Waals surface area contributed by atoms with Crippen molar-refractivity contribution in [2.24, 2.45) is 0 Å². The van der Waals surface area contributed by atoms with Gasteiger partial charge in [0.15, 0.2) is 0 Å². The molecule has 0 saturated heterocycles. The first-order valence-electron chi connectivity index (χ1n) is 5.31. The van der Waals surface area contributed by atoms with Crippen LogP contribution in [0.5, 0.6) is 0 Å². The Bertz CT molecular complexity index is 418. The van der Waals surface area contributed by atoms with E-state index in [2.05, 4.69) is 10.3 Å². The van der Waals surface area contributed by atoms with Crippen molar-refractivity contribution < 1.29 is 4.79 Å². The first-order chi connectivity index (χ1) is 7.77. The highest BCUT2D eigenvalue weighted by Gasteiger charge is 2.44. The molecule has 1 amide bonds. The third kappa shape index (κ3) is 2.19.